The summed E-state index contributed by atoms with van der Waals surface area (Å²) in [5.41, 5.74) is 3.71. The molecule has 0 amide bonds. The summed E-state index contributed by atoms with van der Waals surface area (Å²) < 4.78 is 2.28. The second-order valence-corrected chi connectivity index (χ2v) is 6.70. The topological polar surface area (TPSA) is 29.9 Å². The van der Waals surface area contributed by atoms with Gasteiger partial charge in [0.05, 0.1) is 6.54 Å². The van der Waals surface area contributed by atoms with Crippen LogP contribution in [0.15, 0.2) is 35.8 Å². The minimum absolute atomic E-state index is 0.505. The smallest absolute Gasteiger partial charge is 0.113 e. The molecule has 0 bridgehead atoms. The number of nitrogens with one attached hydrogen (secondary N) is 1. The van der Waals surface area contributed by atoms with Crippen molar-refractivity contribution in [1.82, 2.24) is 14.9 Å². The third-order valence-electron chi connectivity index (χ3n) is 3.52. The van der Waals surface area contributed by atoms with Crippen LogP contribution in [0.2, 0.25) is 0 Å². The van der Waals surface area contributed by atoms with E-state index in [4.69, 9.17) is 0 Å². The van der Waals surface area contributed by atoms with Gasteiger partial charge in [0, 0.05) is 35.4 Å². The van der Waals surface area contributed by atoms with Gasteiger partial charge in [-0.25, -0.2) is 4.98 Å². The lowest BCUT2D eigenvalue weighted by Crippen LogP contribution is -2.21. The van der Waals surface area contributed by atoms with E-state index < -0.39 is 0 Å². The van der Waals surface area contributed by atoms with Gasteiger partial charge in [0.2, 0.25) is 0 Å². The number of aryl methyl sites for hydroxylation is 1. The fourth-order valence-corrected chi connectivity index (χ4v) is 3.19. The van der Waals surface area contributed by atoms with Crippen LogP contribution in [-0.2, 0) is 13.1 Å². The van der Waals surface area contributed by atoms with Gasteiger partial charge in [0.25, 0.3) is 0 Å². The van der Waals surface area contributed by atoms with Gasteiger partial charge < -0.3 is 9.88 Å². The summed E-state index contributed by atoms with van der Waals surface area (Å²) in [5.74, 6) is 0. The second kappa shape index (κ2) is 6.00. The number of hydrogen-bond donors (Lipinski definition) is 1. The zero-order valence-corrected chi connectivity index (χ0v) is 13.6. The first kappa shape index (κ1) is 14.3. The first-order valence-corrected chi connectivity index (χ1v) is 8.22. The molecular formula is C17H21N3S. The molecule has 3 rings (SSSR count). The Hall–Kier alpha value is -1.65. The molecule has 0 spiro atoms. The second-order valence-electron chi connectivity index (χ2n) is 5.76. The molecule has 110 valence electrons. The Labute approximate surface area is 129 Å². The van der Waals surface area contributed by atoms with Gasteiger partial charge in [-0.2, -0.15) is 0 Å². The first-order chi connectivity index (χ1) is 10.1. The predicted octanol–water partition coefficient (Wildman–Crippen LogP) is 3.95. The quantitative estimate of drug-likeness (QED) is 0.773. The first-order valence-electron chi connectivity index (χ1n) is 7.34. The SMILES string of the molecule is Cc1csc(Cn2ccc3ccc(CNC(C)C)cc32)n1. The largest absolute Gasteiger partial charge is 0.341 e. The van der Waals surface area contributed by atoms with Gasteiger partial charge in [0.15, 0.2) is 0 Å². The van der Waals surface area contributed by atoms with E-state index in [1.165, 1.54) is 16.5 Å². The van der Waals surface area contributed by atoms with Crippen molar-refractivity contribution in [3.63, 3.8) is 0 Å². The normalized spacial score (nSPS) is 11.6. The molecule has 0 fully saturated rings. The highest BCUT2D eigenvalue weighted by Gasteiger charge is 2.06. The van der Waals surface area contributed by atoms with E-state index in [2.05, 4.69) is 64.6 Å². The zero-order chi connectivity index (χ0) is 14.8. The van der Waals surface area contributed by atoms with Crippen molar-refractivity contribution in [3.05, 3.63) is 52.1 Å². The van der Waals surface area contributed by atoms with Crippen molar-refractivity contribution in [2.24, 2.45) is 0 Å². The highest BCUT2D eigenvalue weighted by molar-refractivity contribution is 7.09. The molecule has 1 N–H and O–H groups in total. The lowest BCUT2D eigenvalue weighted by atomic mass is 10.1. The Morgan fingerprint density at radius 1 is 1.29 bits per heavy atom. The summed E-state index contributed by atoms with van der Waals surface area (Å²) in [4.78, 5) is 4.56. The fraction of sp³-hybridized carbons (Fsp3) is 0.353. The Morgan fingerprint density at radius 2 is 2.14 bits per heavy atom. The fourth-order valence-electron chi connectivity index (χ4n) is 2.42. The van der Waals surface area contributed by atoms with Gasteiger partial charge in [0.1, 0.15) is 5.01 Å². The summed E-state index contributed by atoms with van der Waals surface area (Å²) >= 11 is 1.73. The number of hydrogen-bond acceptors (Lipinski definition) is 3. The monoisotopic (exact) mass is 299 g/mol. The third kappa shape index (κ3) is 3.34. The zero-order valence-electron chi connectivity index (χ0n) is 12.8. The molecule has 3 nitrogen and oxygen atoms in total. The highest BCUT2D eigenvalue weighted by atomic mass is 32.1. The van der Waals surface area contributed by atoms with Crippen LogP contribution in [0, 0.1) is 6.92 Å². The van der Waals surface area contributed by atoms with E-state index in [1.807, 2.05) is 6.92 Å². The van der Waals surface area contributed by atoms with Crippen LogP contribution in [0.1, 0.15) is 30.1 Å². The molecule has 0 saturated carbocycles. The van der Waals surface area contributed by atoms with Gasteiger partial charge in [-0.15, -0.1) is 11.3 Å². The van der Waals surface area contributed by atoms with Gasteiger partial charge in [-0.1, -0.05) is 26.0 Å². The molecule has 2 heterocycles. The lowest BCUT2D eigenvalue weighted by Gasteiger charge is -2.09. The average molecular weight is 299 g/mol. The van der Waals surface area contributed by atoms with Crippen molar-refractivity contribution < 1.29 is 0 Å². The van der Waals surface area contributed by atoms with Gasteiger partial charge in [-0.3, -0.25) is 0 Å². The maximum absolute atomic E-state index is 4.56. The Bertz CT molecular complexity index is 739. The van der Waals surface area contributed by atoms with E-state index >= 15 is 0 Å². The minimum Gasteiger partial charge on any atom is -0.341 e. The van der Waals surface area contributed by atoms with Gasteiger partial charge >= 0.3 is 0 Å². The third-order valence-corrected chi connectivity index (χ3v) is 4.48. The summed E-state index contributed by atoms with van der Waals surface area (Å²) in [6.45, 7) is 8.15. The van der Waals surface area contributed by atoms with Crippen molar-refractivity contribution in [1.29, 1.82) is 0 Å². The summed E-state index contributed by atoms with van der Waals surface area (Å²) in [7, 11) is 0. The summed E-state index contributed by atoms with van der Waals surface area (Å²) in [5, 5.41) is 8.03. The van der Waals surface area contributed by atoms with E-state index in [-0.39, 0.29) is 0 Å². The molecule has 0 aliphatic rings. The van der Waals surface area contributed by atoms with Gasteiger partial charge in [-0.05, 0) is 30.0 Å². The van der Waals surface area contributed by atoms with Crippen LogP contribution in [0.3, 0.4) is 0 Å². The molecule has 0 radical (unpaired) electrons. The molecule has 2 aromatic heterocycles. The maximum Gasteiger partial charge on any atom is 0.113 e. The molecule has 0 aliphatic heterocycles. The molecule has 4 heteroatoms. The van der Waals surface area contributed by atoms with Crippen LogP contribution in [0.5, 0.6) is 0 Å². The number of nitrogens with zero attached hydrogens (tertiary/aromatic N) is 2. The van der Waals surface area contributed by atoms with E-state index in [0.29, 0.717) is 6.04 Å². The Balaban J connectivity index is 1.86. The molecule has 1 aromatic carbocycles. The number of fused-ring (bicyclic) bond motifs is 1. The predicted molar refractivity (Wildman–Crippen MR) is 89.9 cm³/mol. The number of benzene rings is 1. The van der Waals surface area contributed by atoms with Crippen LogP contribution in [-0.4, -0.2) is 15.6 Å². The highest BCUT2D eigenvalue weighted by Crippen LogP contribution is 2.20. The van der Waals surface area contributed by atoms with Crippen molar-refractivity contribution in [2.45, 2.75) is 39.9 Å². The van der Waals surface area contributed by atoms with E-state index in [9.17, 15) is 0 Å². The number of thiazole rings is 1. The Morgan fingerprint density at radius 3 is 2.86 bits per heavy atom. The standard InChI is InChI=1S/C17H21N3S/c1-12(2)18-9-14-4-5-15-6-7-20(16(15)8-14)10-17-19-13(3)11-21-17/h4-8,11-12,18H,9-10H2,1-3H3. The molecule has 0 aliphatic carbocycles. The molecule has 0 atom stereocenters. The molecule has 0 saturated heterocycles. The summed E-state index contributed by atoms with van der Waals surface area (Å²) in [6, 6.07) is 9.37. The molecule has 0 unspecified atom stereocenters. The number of rotatable bonds is 5. The number of aromatic nitrogens is 2. The Kier molecular flexibility index (Phi) is 4.08. The molecule has 3 aromatic rings. The summed E-state index contributed by atoms with van der Waals surface area (Å²) in [6.07, 6.45) is 2.15. The molecule has 21 heavy (non-hydrogen) atoms. The van der Waals surface area contributed by atoms with E-state index in [0.717, 1.165) is 23.8 Å². The van der Waals surface area contributed by atoms with Crippen LogP contribution in [0.25, 0.3) is 10.9 Å². The maximum atomic E-state index is 4.56. The van der Waals surface area contributed by atoms with Crippen molar-refractivity contribution in [2.75, 3.05) is 0 Å². The van der Waals surface area contributed by atoms with Crippen molar-refractivity contribution >= 4 is 22.2 Å². The minimum atomic E-state index is 0.505. The van der Waals surface area contributed by atoms with Crippen LogP contribution >= 0.6 is 11.3 Å². The van der Waals surface area contributed by atoms with Crippen LogP contribution < -0.4 is 5.32 Å². The van der Waals surface area contributed by atoms with Crippen molar-refractivity contribution in [3.8, 4) is 0 Å². The molecular weight excluding hydrogens is 278 g/mol. The average Bonchev–Trinajstić information content (AvgIpc) is 3.04. The van der Waals surface area contributed by atoms with Crippen LogP contribution in [0.4, 0.5) is 0 Å². The van der Waals surface area contributed by atoms with E-state index in [1.54, 1.807) is 11.3 Å². The lowest BCUT2D eigenvalue weighted by molar-refractivity contribution is 0.589.